The predicted molar refractivity (Wildman–Crippen MR) is 95.4 cm³/mol. The molecule has 0 amide bonds. The molecule has 2 aromatic carbocycles. The van der Waals surface area contributed by atoms with Gasteiger partial charge in [-0.05, 0) is 24.6 Å². The molecule has 0 spiro atoms. The topological polar surface area (TPSA) is 34.9 Å². The lowest BCUT2D eigenvalue weighted by molar-refractivity contribution is 0.965. The number of nitrogens with zero attached hydrogens (tertiary/aromatic N) is 2. The van der Waals surface area contributed by atoms with Crippen molar-refractivity contribution in [1.29, 1.82) is 0 Å². The molecular weight excluding hydrogens is 304 g/mol. The molecule has 0 aliphatic carbocycles. The van der Waals surface area contributed by atoms with E-state index in [-0.39, 0.29) is 5.56 Å². The van der Waals surface area contributed by atoms with Crippen molar-refractivity contribution in [2.75, 3.05) is 0 Å². The summed E-state index contributed by atoms with van der Waals surface area (Å²) in [6.07, 6.45) is 1.61. The van der Waals surface area contributed by atoms with E-state index in [0.717, 1.165) is 27.2 Å². The minimum Gasteiger partial charge on any atom is -0.268 e. The van der Waals surface area contributed by atoms with Gasteiger partial charge in [0, 0.05) is 10.9 Å². The van der Waals surface area contributed by atoms with Gasteiger partial charge in [0.25, 0.3) is 5.56 Å². The third-order valence-corrected chi connectivity index (χ3v) is 4.78. The molecule has 0 atom stereocenters. The fourth-order valence-corrected chi connectivity index (χ4v) is 3.56. The molecule has 0 fully saturated rings. The van der Waals surface area contributed by atoms with Crippen molar-refractivity contribution in [2.45, 2.75) is 6.92 Å². The molecule has 0 aliphatic heterocycles. The molecular formula is C19H14N2OS. The molecule has 0 aliphatic rings. The summed E-state index contributed by atoms with van der Waals surface area (Å²) in [5.74, 6) is 0. The number of aromatic nitrogens is 2. The molecule has 4 rings (SSSR count). The first-order valence-corrected chi connectivity index (χ1v) is 8.23. The number of thiophene rings is 1. The van der Waals surface area contributed by atoms with Crippen LogP contribution >= 0.6 is 11.3 Å². The van der Waals surface area contributed by atoms with Crippen LogP contribution in [-0.4, -0.2) is 9.55 Å². The van der Waals surface area contributed by atoms with Gasteiger partial charge in [0.15, 0.2) is 0 Å². The summed E-state index contributed by atoms with van der Waals surface area (Å²) in [5, 5.41) is 2.69. The van der Waals surface area contributed by atoms with Gasteiger partial charge in [0.2, 0.25) is 0 Å². The molecule has 3 nitrogen and oxygen atoms in total. The highest BCUT2D eigenvalue weighted by molar-refractivity contribution is 7.17. The van der Waals surface area contributed by atoms with Crippen molar-refractivity contribution < 1.29 is 0 Å². The summed E-state index contributed by atoms with van der Waals surface area (Å²) in [7, 11) is 0. The van der Waals surface area contributed by atoms with Gasteiger partial charge in [-0.1, -0.05) is 48.0 Å². The molecule has 112 valence electrons. The Kier molecular flexibility index (Phi) is 3.32. The van der Waals surface area contributed by atoms with E-state index >= 15 is 0 Å². The zero-order chi connectivity index (χ0) is 15.8. The second kappa shape index (κ2) is 5.48. The summed E-state index contributed by atoms with van der Waals surface area (Å²) in [5.41, 5.74) is 3.96. The van der Waals surface area contributed by atoms with E-state index < -0.39 is 0 Å². The molecule has 2 aromatic heterocycles. The van der Waals surface area contributed by atoms with Crippen LogP contribution in [0.4, 0.5) is 0 Å². The summed E-state index contributed by atoms with van der Waals surface area (Å²) < 4.78 is 1.61. The molecule has 4 aromatic rings. The van der Waals surface area contributed by atoms with Crippen LogP contribution in [0.2, 0.25) is 0 Å². The van der Waals surface area contributed by atoms with E-state index in [2.05, 4.69) is 4.98 Å². The van der Waals surface area contributed by atoms with Crippen molar-refractivity contribution >= 4 is 21.6 Å². The zero-order valence-corrected chi connectivity index (χ0v) is 13.4. The van der Waals surface area contributed by atoms with Crippen LogP contribution in [0.25, 0.3) is 27.0 Å². The Bertz CT molecular complexity index is 1030. The number of benzene rings is 2. The molecule has 4 heteroatoms. The van der Waals surface area contributed by atoms with E-state index in [9.17, 15) is 4.79 Å². The molecule has 0 radical (unpaired) electrons. The summed E-state index contributed by atoms with van der Waals surface area (Å²) >= 11 is 1.50. The molecule has 0 unspecified atom stereocenters. The summed E-state index contributed by atoms with van der Waals surface area (Å²) in [4.78, 5) is 18.2. The second-order valence-electron chi connectivity index (χ2n) is 5.45. The minimum atomic E-state index is -0.0287. The fourth-order valence-electron chi connectivity index (χ4n) is 2.65. The third-order valence-electron chi connectivity index (χ3n) is 3.89. The number of aryl methyl sites for hydroxylation is 1. The third kappa shape index (κ3) is 2.37. The van der Waals surface area contributed by atoms with E-state index in [1.54, 1.807) is 10.9 Å². The van der Waals surface area contributed by atoms with Crippen LogP contribution in [0.5, 0.6) is 0 Å². The van der Waals surface area contributed by atoms with Gasteiger partial charge in [-0.15, -0.1) is 11.3 Å². The average molecular weight is 318 g/mol. The lowest BCUT2D eigenvalue weighted by Gasteiger charge is -2.06. The van der Waals surface area contributed by atoms with E-state index in [0.29, 0.717) is 5.39 Å². The van der Waals surface area contributed by atoms with Gasteiger partial charge in [-0.3, -0.25) is 9.36 Å². The Morgan fingerprint density at radius 3 is 2.48 bits per heavy atom. The number of hydrogen-bond donors (Lipinski definition) is 0. The van der Waals surface area contributed by atoms with Crippen molar-refractivity contribution in [1.82, 2.24) is 9.55 Å². The summed E-state index contributed by atoms with van der Waals surface area (Å²) in [6.45, 7) is 2.03. The number of fused-ring (bicyclic) bond motifs is 1. The molecule has 0 N–H and O–H groups in total. The number of rotatable bonds is 2. The lowest BCUT2D eigenvalue weighted by atomic mass is 10.1. The van der Waals surface area contributed by atoms with E-state index in [4.69, 9.17) is 0 Å². The summed E-state index contributed by atoms with van der Waals surface area (Å²) in [6, 6.07) is 17.9. The Labute approximate surface area is 137 Å². The lowest BCUT2D eigenvalue weighted by Crippen LogP contribution is -2.18. The van der Waals surface area contributed by atoms with Gasteiger partial charge in [0.05, 0.1) is 11.1 Å². The zero-order valence-electron chi connectivity index (χ0n) is 12.6. The quantitative estimate of drug-likeness (QED) is 0.548. The Hall–Kier alpha value is -2.72. The maximum atomic E-state index is 13.0. The van der Waals surface area contributed by atoms with Gasteiger partial charge < -0.3 is 0 Å². The highest BCUT2D eigenvalue weighted by atomic mass is 32.1. The molecule has 23 heavy (non-hydrogen) atoms. The molecule has 0 saturated heterocycles. The van der Waals surface area contributed by atoms with Crippen molar-refractivity contribution in [3.05, 3.63) is 82.2 Å². The average Bonchev–Trinajstić information content (AvgIpc) is 3.02. The van der Waals surface area contributed by atoms with Crippen molar-refractivity contribution in [2.24, 2.45) is 0 Å². The van der Waals surface area contributed by atoms with Crippen molar-refractivity contribution in [3.63, 3.8) is 0 Å². The maximum absolute atomic E-state index is 13.0. The number of hydrogen-bond acceptors (Lipinski definition) is 3. The van der Waals surface area contributed by atoms with Gasteiger partial charge in [-0.25, -0.2) is 4.98 Å². The normalized spacial score (nSPS) is 11.0. The van der Waals surface area contributed by atoms with Crippen LogP contribution in [0.15, 0.2) is 71.1 Å². The Morgan fingerprint density at radius 1 is 1.00 bits per heavy atom. The standard InChI is InChI=1S/C19H14N2OS/c1-13-7-9-15(10-8-13)21-12-20-18-17(19(21)22)16(11-23-18)14-5-3-2-4-6-14/h2-12H,1H3. The first-order chi connectivity index (χ1) is 11.2. The van der Waals surface area contributed by atoms with Crippen LogP contribution in [-0.2, 0) is 0 Å². The second-order valence-corrected chi connectivity index (χ2v) is 6.31. The minimum absolute atomic E-state index is 0.0287. The Balaban J connectivity index is 1.98. The van der Waals surface area contributed by atoms with Crippen LogP contribution in [0.3, 0.4) is 0 Å². The monoisotopic (exact) mass is 318 g/mol. The van der Waals surface area contributed by atoms with Gasteiger partial charge in [0.1, 0.15) is 11.2 Å². The molecule has 2 heterocycles. The predicted octanol–water partition coefficient (Wildman–Crippen LogP) is 4.42. The van der Waals surface area contributed by atoms with Gasteiger partial charge >= 0.3 is 0 Å². The van der Waals surface area contributed by atoms with Crippen molar-refractivity contribution in [3.8, 4) is 16.8 Å². The van der Waals surface area contributed by atoms with E-state index in [1.165, 1.54) is 11.3 Å². The van der Waals surface area contributed by atoms with Crippen LogP contribution in [0.1, 0.15) is 5.56 Å². The highest BCUT2D eigenvalue weighted by Crippen LogP contribution is 2.30. The fraction of sp³-hybridized carbons (Fsp3) is 0.0526. The molecule has 0 bridgehead atoms. The molecule has 0 saturated carbocycles. The first kappa shape index (κ1) is 13.9. The highest BCUT2D eigenvalue weighted by Gasteiger charge is 2.13. The SMILES string of the molecule is Cc1ccc(-n2cnc3scc(-c4ccccc4)c3c2=O)cc1. The van der Waals surface area contributed by atoms with E-state index in [1.807, 2.05) is 66.9 Å². The smallest absolute Gasteiger partial charge is 0.267 e. The van der Waals surface area contributed by atoms with Gasteiger partial charge in [-0.2, -0.15) is 0 Å². The Morgan fingerprint density at radius 2 is 1.74 bits per heavy atom. The largest absolute Gasteiger partial charge is 0.268 e. The van der Waals surface area contributed by atoms with Crippen LogP contribution in [0, 0.1) is 6.92 Å². The maximum Gasteiger partial charge on any atom is 0.267 e. The van der Waals surface area contributed by atoms with Crippen LogP contribution < -0.4 is 5.56 Å². The first-order valence-electron chi connectivity index (χ1n) is 7.35.